The third kappa shape index (κ3) is 8.01. The first-order valence-corrected chi connectivity index (χ1v) is 17.4. The van der Waals surface area contributed by atoms with Gasteiger partial charge in [0.1, 0.15) is 17.7 Å². The van der Waals surface area contributed by atoms with Crippen LogP contribution in [0.2, 0.25) is 0 Å². The predicted octanol–water partition coefficient (Wildman–Crippen LogP) is 3.72. The minimum absolute atomic E-state index is 0.0318. The molecular formula is C37H53N3O8. The monoisotopic (exact) mass is 667 g/mol. The molecule has 4 rings (SSSR count). The van der Waals surface area contributed by atoms with Gasteiger partial charge in [-0.25, -0.2) is 0 Å². The van der Waals surface area contributed by atoms with E-state index in [-0.39, 0.29) is 43.9 Å². The summed E-state index contributed by atoms with van der Waals surface area (Å²) in [5.41, 5.74) is -0.502. The highest BCUT2D eigenvalue weighted by Gasteiger charge is 2.75. The second-order valence-corrected chi connectivity index (χ2v) is 13.0. The first-order chi connectivity index (χ1) is 23.3. The van der Waals surface area contributed by atoms with Crippen molar-refractivity contribution in [3.63, 3.8) is 0 Å². The van der Waals surface area contributed by atoms with Gasteiger partial charge >= 0.3 is 5.97 Å². The molecule has 3 aliphatic rings. The SMILES string of the molecule is C=CCCC(=O)N[C@@H](COC)[C@@H](OC(=O)[C@@H]1[C@@H]2CC[C@]3(O2)[C@H](C(=O)N(CC=C)CCCCC)N(CCCCO)C(=O)[C@@H]13)c1ccccc1. The number of benzene rings is 1. The number of nitrogens with zero attached hydrogens (tertiary/aromatic N) is 2. The van der Waals surface area contributed by atoms with E-state index in [0.29, 0.717) is 50.8 Å². The molecule has 11 heteroatoms. The van der Waals surface area contributed by atoms with Crippen LogP contribution in [0.1, 0.15) is 76.4 Å². The van der Waals surface area contributed by atoms with Crippen molar-refractivity contribution < 1.29 is 38.5 Å². The minimum Gasteiger partial charge on any atom is -0.455 e. The fourth-order valence-corrected chi connectivity index (χ4v) is 7.63. The maximum absolute atomic E-state index is 14.4. The molecule has 7 atom stereocenters. The van der Waals surface area contributed by atoms with Crippen LogP contribution >= 0.6 is 0 Å². The van der Waals surface area contributed by atoms with Crippen LogP contribution in [0.5, 0.6) is 0 Å². The average Bonchev–Trinajstić information content (AvgIpc) is 3.73. The summed E-state index contributed by atoms with van der Waals surface area (Å²) in [6.45, 7) is 10.8. The molecule has 3 saturated heterocycles. The molecule has 3 fully saturated rings. The second kappa shape index (κ2) is 17.7. The number of carbonyl (C=O) groups is 4. The zero-order chi connectivity index (χ0) is 34.7. The maximum atomic E-state index is 14.4. The molecule has 0 aromatic heterocycles. The van der Waals surface area contributed by atoms with E-state index >= 15 is 0 Å². The van der Waals surface area contributed by atoms with Crippen molar-refractivity contribution >= 4 is 23.7 Å². The zero-order valence-electron chi connectivity index (χ0n) is 28.5. The van der Waals surface area contributed by atoms with Gasteiger partial charge in [0, 0.05) is 39.8 Å². The van der Waals surface area contributed by atoms with Gasteiger partial charge in [0.05, 0.1) is 30.6 Å². The number of likely N-dealkylation sites (tertiary alicyclic amines) is 1. The number of esters is 1. The number of allylic oxidation sites excluding steroid dienone is 1. The summed E-state index contributed by atoms with van der Waals surface area (Å²) in [6, 6.07) is 7.54. The van der Waals surface area contributed by atoms with Gasteiger partial charge in [-0.05, 0) is 44.1 Å². The van der Waals surface area contributed by atoms with E-state index < -0.39 is 47.7 Å². The molecule has 0 radical (unpaired) electrons. The highest BCUT2D eigenvalue weighted by Crippen LogP contribution is 2.59. The van der Waals surface area contributed by atoms with Crippen LogP contribution in [-0.4, -0.2) is 102 Å². The van der Waals surface area contributed by atoms with Crippen LogP contribution < -0.4 is 5.32 Å². The fourth-order valence-electron chi connectivity index (χ4n) is 7.63. The van der Waals surface area contributed by atoms with Crippen molar-refractivity contribution in [2.24, 2.45) is 11.8 Å². The molecule has 2 N–H and O–H groups in total. The van der Waals surface area contributed by atoms with E-state index in [1.54, 1.807) is 22.0 Å². The second-order valence-electron chi connectivity index (χ2n) is 13.0. The molecule has 3 amide bonds. The van der Waals surface area contributed by atoms with Gasteiger partial charge in [-0.15, -0.1) is 13.2 Å². The first-order valence-electron chi connectivity index (χ1n) is 17.4. The van der Waals surface area contributed by atoms with E-state index in [1.165, 1.54) is 7.11 Å². The molecule has 264 valence electrons. The van der Waals surface area contributed by atoms with Crippen molar-refractivity contribution in [3.8, 4) is 0 Å². The lowest BCUT2D eigenvalue weighted by Crippen LogP contribution is -2.56. The van der Waals surface area contributed by atoms with Crippen molar-refractivity contribution in [3.05, 3.63) is 61.2 Å². The normalized spacial score (nSPS) is 25.3. The molecule has 3 heterocycles. The molecular weight excluding hydrogens is 614 g/mol. The van der Waals surface area contributed by atoms with E-state index in [0.717, 1.165) is 19.3 Å². The molecule has 1 aromatic carbocycles. The molecule has 2 bridgehead atoms. The molecule has 0 unspecified atom stereocenters. The van der Waals surface area contributed by atoms with Crippen molar-refractivity contribution in [1.29, 1.82) is 0 Å². The summed E-state index contributed by atoms with van der Waals surface area (Å²) >= 11 is 0. The van der Waals surface area contributed by atoms with Crippen molar-refractivity contribution in [1.82, 2.24) is 15.1 Å². The van der Waals surface area contributed by atoms with Crippen LogP contribution in [0.4, 0.5) is 0 Å². The highest BCUT2D eigenvalue weighted by molar-refractivity contribution is 5.98. The van der Waals surface area contributed by atoms with Gasteiger partial charge in [0.2, 0.25) is 17.7 Å². The maximum Gasteiger partial charge on any atom is 0.313 e. The Morgan fingerprint density at radius 2 is 1.94 bits per heavy atom. The summed E-state index contributed by atoms with van der Waals surface area (Å²) in [5, 5.41) is 12.4. The number of aliphatic hydroxyl groups excluding tert-OH is 1. The van der Waals surface area contributed by atoms with E-state index in [1.807, 2.05) is 30.3 Å². The average molecular weight is 668 g/mol. The number of fused-ring (bicyclic) bond motifs is 1. The van der Waals surface area contributed by atoms with Crippen molar-refractivity contribution in [2.45, 2.75) is 94.6 Å². The number of aliphatic hydroxyl groups is 1. The van der Waals surface area contributed by atoms with Gasteiger partial charge < -0.3 is 34.4 Å². The summed E-state index contributed by atoms with van der Waals surface area (Å²) in [4.78, 5) is 59.3. The number of hydrogen-bond donors (Lipinski definition) is 2. The van der Waals surface area contributed by atoms with Crippen LogP contribution in [0.3, 0.4) is 0 Å². The quantitative estimate of drug-likeness (QED) is 0.115. The largest absolute Gasteiger partial charge is 0.455 e. The van der Waals surface area contributed by atoms with E-state index in [9.17, 15) is 24.3 Å². The van der Waals surface area contributed by atoms with Crippen LogP contribution in [0.15, 0.2) is 55.6 Å². The number of nitrogens with one attached hydrogen (secondary N) is 1. The van der Waals surface area contributed by atoms with E-state index in [4.69, 9.17) is 14.2 Å². The Labute approximate surface area is 284 Å². The lowest BCUT2D eigenvalue weighted by atomic mass is 9.70. The van der Waals surface area contributed by atoms with Crippen molar-refractivity contribution in [2.75, 3.05) is 40.0 Å². The van der Waals surface area contributed by atoms with Gasteiger partial charge in [-0.2, -0.15) is 0 Å². The Bertz CT molecular complexity index is 1270. The third-order valence-electron chi connectivity index (χ3n) is 9.81. The Morgan fingerprint density at radius 1 is 1.17 bits per heavy atom. The lowest BCUT2D eigenvalue weighted by molar-refractivity contribution is -0.163. The summed E-state index contributed by atoms with van der Waals surface area (Å²) in [5.74, 6) is -3.17. The Kier molecular flexibility index (Phi) is 13.8. The minimum atomic E-state index is -1.17. The van der Waals surface area contributed by atoms with Gasteiger partial charge in [0.25, 0.3) is 0 Å². The summed E-state index contributed by atoms with van der Waals surface area (Å²) in [7, 11) is 1.51. The topological polar surface area (TPSA) is 135 Å². The first kappa shape index (κ1) is 37.3. The molecule has 48 heavy (non-hydrogen) atoms. The standard InChI is InChI=1S/C37H53N3O8/c1-5-8-13-22-39(21-7-3)35(44)33-37-20-19-28(48-37)30(31(37)34(43)40(33)23-14-15-24-41)36(45)47-32(26-16-11-10-12-17-26)27(25-46-4)38-29(42)18-9-6-2/h6-7,10-12,16-17,27-28,30-33,41H,2-3,5,8-9,13-15,18-25H2,1,4H3,(H,38,42)/t27-,28-,30+,31+,32-,33-,37+/m0/s1. The van der Waals surface area contributed by atoms with Gasteiger partial charge in [-0.1, -0.05) is 62.2 Å². The Morgan fingerprint density at radius 3 is 2.60 bits per heavy atom. The van der Waals surface area contributed by atoms with Gasteiger partial charge in [0.15, 0.2) is 0 Å². The summed E-state index contributed by atoms with van der Waals surface area (Å²) < 4.78 is 18.4. The van der Waals surface area contributed by atoms with E-state index in [2.05, 4.69) is 25.4 Å². The number of carbonyl (C=O) groups excluding carboxylic acids is 4. The zero-order valence-corrected chi connectivity index (χ0v) is 28.5. The number of rotatable bonds is 21. The smallest absolute Gasteiger partial charge is 0.313 e. The lowest BCUT2D eigenvalue weighted by Gasteiger charge is -2.37. The molecule has 0 saturated carbocycles. The molecule has 3 aliphatic heterocycles. The fraction of sp³-hybridized carbons (Fsp3) is 0.622. The third-order valence-corrected chi connectivity index (χ3v) is 9.81. The number of hydrogen-bond acceptors (Lipinski definition) is 8. The molecule has 0 aliphatic carbocycles. The number of methoxy groups -OCH3 is 1. The van der Waals surface area contributed by atoms with Gasteiger partial charge in [-0.3, -0.25) is 19.2 Å². The van der Waals surface area contributed by atoms with Crippen LogP contribution in [0.25, 0.3) is 0 Å². The number of amides is 3. The van der Waals surface area contributed by atoms with Crippen LogP contribution in [0, 0.1) is 11.8 Å². The Hall–Kier alpha value is -3.54. The number of unbranched alkanes of at least 4 members (excludes halogenated alkanes) is 3. The molecule has 1 aromatic rings. The number of ether oxygens (including phenoxy) is 3. The molecule has 1 spiro atoms. The summed E-state index contributed by atoms with van der Waals surface area (Å²) in [6.07, 6.45) is 7.31. The Balaban J connectivity index is 1.66. The van der Waals surface area contributed by atoms with Crippen LogP contribution in [-0.2, 0) is 33.4 Å². The highest BCUT2D eigenvalue weighted by atomic mass is 16.6. The molecule has 11 nitrogen and oxygen atoms in total. The predicted molar refractivity (Wildman–Crippen MR) is 180 cm³/mol.